The fraction of sp³-hybridized carbons (Fsp3) is 0.333. The Hall–Kier alpha value is -3.46. The molecule has 3 N–H and O–H groups in total. The van der Waals surface area contributed by atoms with Gasteiger partial charge in [0.15, 0.2) is 0 Å². The molecule has 1 aliphatic rings. The largest absolute Gasteiger partial charge is 0.444 e. The minimum Gasteiger partial charge on any atom is -0.444 e. The number of fused-ring (bicyclic) bond motifs is 1. The number of nitrogens with one attached hydrogen (secondary N) is 1. The first-order valence-corrected chi connectivity index (χ1v) is 11.1. The molecule has 1 saturated carbocycles. The van der Waals surface area contributed by atoms with Crippen molar-refractivity contribution in [2.45, 2.75) is 45.3 Å². The van der Waals surface area contributed by atoms with Crippen molar-refractivity contribution in [1.82, 2.24) is 14.9 Å². The molecule has 0 aliphatic heterocycles. The molecule has 178 valence electrons. The first kappa shape index (κ1) is 23.7. The van der Waals surface area contributed by atoms with Gasteiger partial charge in [0.25, 0.3) is 5.56 Å². The number of hydrogen-bond donors (Lipinski definition) is 2. The summed E-state index contributed by atoms with van der Waals surface area (Å²) in [5, 5.41) is 3.12. The molecule has 0 bridgehead atoms. The van der Waals surface area contributed by atoms with E-state index in [-0.39, 0.29) is 33.4 Å². The number of rotatable bonds is 5. The quantitative estimate of drug-likeness (QED) is 0.559. The van der Waals surface area contributed by atoms with Crippen molar-refractivity contribution in [3.63, 3.8) is 0 Å². The number of primary amides is 1. The molecule has 1 aliphatic carbocycles. The lowest BCUT2D eigenvalue weighted by Gasteiger charge is -2.25. The van der Waals surface area contributed by atoms with Gasteiger partial charge in [-0.15, -0.1) is 0 Å². The van der Waals surface area contributed by atoms with Gasteiger partial charge in [-0.05, 0) is 69.9 Å². The first-order chi connectivity index (χ1) is 15.9. The molecule has 0 radical (unpaired) electrons. The second kappa shape index (κ2) is 8.72. The van der Waals surface area contributed by atoms with Crippen molar-refractivity contribution in [3.8, 4) is 5.69 Å². The third kappa shape index (κ3) is 4.89. The van der Waals surface area contributed by atoms with Crippen LogP contribution >= 0.6 is 11.6 Å². The third-order valence-corrected chi connectivity index (χ3v) is 5.66. The molecule has 1 atom stereocenters. The van der Waals surface area contributed by atoms with Crippen LogP contribution in [0.1, 0.15) is 55.8 Å². The SMILES string of the molecule is CC(C)(C)OC(=O)N[C@H](c1nc2cccc(Cl)c2c(=O)n1-c1cc(F)cc(C(N)=O)c1)C1CC1. The number of ether oxygens (including phenoxy) is 1. The second-order valence-corrected chi connectivity index (χ2v) is 9.68. The second-order valence-electron chi connectivity index (χ2n) is 9.27. The van der Waals surface area contributed by atoms with Crippen molar-refractivity contribution in [1.29, 1.82) is 0 Å². The van der Waals surface area contributed by atoms with Crippen LogP contribution in [-0.2, 0) is 4.74 Å². The predicted octanol–water partition coefficient (Wildman–Crippen LogP) is 4.25. The summed E-state index contributed by atoms with van der Waals surface area (Å²) in [5.74, 6) is -1.44. The van der Waals surface area contributed by atoms with Gasteiger partial charge in [0.2, 0.25) is 5.91 Å². The third-order valence-electron chi connectivity index (χ3n) is 5.34. The zero-order valence-electron chi connectivity index (χ0n) is 18.9. The Morgan fingerprint density at radius 3 is 2.59 bits per heavy atom. The van der Waals surface area contributed by atoms with E-state index in [1.165, 1.54) is 10.6 Å². The Morgan fingerprint density at radius 2 is 1.97 bits per heavy atom. The Kier molecular flexibility index (Phi) is 6.07. The molecular formula is C24H24ClFN4O4. The lowest BCUT2D eigenvalue weighted by Crippen LogP contribution is -2.39. The van der Waals surface area contributed by atoms with Crippen LogP contribution in [0.3, 0.4) is 0 Å². The van der Waals surface area contributed by atoms with Gasteiger partial charge in [-0.25, -0.2) is 14.2 Å². The van der Waals surface area contributed by atoms with Gasteiger partial charge in [-0.1, -0.05) is 17.7 Å². The fourth-order valence-electron chi connectivity index (χ4n) is 3.77. The number of benzene rings is 2. The maximum atomic E-state index is 14.4. The normalized spacial score (nSPS) is 14.6. The average molecular weight is 487 g/mol. The van der Waals surface area contributed by atoms with Crippen molar-refractivity contribution in [2.75, 3.05) is 0 Å². The van der Waals surface area contributed by atoms with E-state index in [9.17, 15) is 18.8 Å². The zero-order chi connectivity index (χ0) is 24.8. The number of carbonyl (C=O) groups is 2. The number of nitrogens with two attached hydrogens (primary N) is 1. The number of hydrogen-bond acceptors (Lipinski definition) is 5. The Bertz CT molecular complexity index is 1360. The van der Waals surface area contributed by atoms with Gasteiger partial charge in [0.05, 0.1) is 27.7 Å². The first-order valence-electron chi connectivity index (χ1n) is 10.8. The maximum Gasteiger partial charge on any atom is 0.408 e. The lowest BCUT2D eigenvalue weighted by atomic mass is 10.1. The molecule has 0 saturated heterocycles. The summed E-state index contributed by atoms with van der Waals surface area (Å²) in [6.45, 7) is 5.22. The molecule has 4 rings (SSSR count). The number of amides is 2. The van der Waals surface area contributed by atoms with E-state index in [4.69, 9.17) is 22.1 Å². The van der Waals surface area contributed by atoms with Crippen LogP contribution in [0.4, 0.5) is 9.18 Å². The molecule has 8 nitrogen and oxygen atoms in total. The number of carbonyl (C=O) groups excluding carboxylic acids is 2. The number of halogens is 2. The molecule has 2 amide bonds. The van der Waals surface area contributed by atoms with Crippen LogP contribution in [0, 0.1) is 11.7 Å². The van der Waals surface area contributed by atoms with Crippen LogP contribution in [0.5, 0.6) is 0 Å². The van der Waals surface area contributed by atoms with E-state index in [2.05, 4.69) is 10.3 Å². The Balaban J connectivity index is 1.97. The lowest BCUT2D eigenvalue weighted by molar-refractivity contribution is 0.0493. The number of nitrogens with zero attached hydrogens (tertiary/aromatic N) is 2. The molecule has 3 aromatic rings. The average Bonchev–Trinajstić information content (AvgIpc) is 3.55. The number of aromatic nitrogens is 2. The molecule has 10 heteroatoms. The highest BCUT2D eigenvalue weighted by molar-refractivity contribution is 6.35. The van der Waals surface area contributed by atoms with Crippen molar-refractivity contribution >= 4 is 34.5 Å². The Morgan fingerprint density at radius 1 is 1.26 bits per heavy atom. The van der Waals surface area contributed by atoms with Crippen LogP contribution in [-0.4, -0.2) is 27.2 Å². The van der Waals surface area contributed by atoms with E-state index in [1.807, 2.05) is 0 Å². The summed E-state index contributed by atoms with van der Waals surface area (Å²) >= 11 is 6.31. The number of alkyl carbamates (subject to hydrolysis) is 1. The monoisotopic (exact) mass is 486 g/mol. The molecule has 1 heterocycles. The highest BCUT2D eigenvalue weighted by atomic mass is 35.5. The highest BCUT2D eigenvalue weighted by Gasteiger charge is 2.38. The van der Waals surface area contributed by atoms with Crippen molar-refractivity contribution in [2.24, 2.45) is 11.7 Å². The fourth-order valence-corrected chi connectivity index (χ4v) is 4.02. The van der Waals surface area contributed by atoms with Gasteiger partial charge in [-0.2, -0.15) is 0 Å². The van der Waals surface area contributed by atoms with E-state index < -0.39 is 35.0 Å². The van der Waals surface area contributed by atoms with Gasteiger partial charge in [0.1, 0.15) is 17.2 Å². The minimum absolute atomic E-state index is 0.00790. The van der Waals surface area contributed by atoms with Crippen molar-refractivity contribution < 1.29 is 18.7 Å². The summed E-state index contributed by atoms with van der Waals surface area (Å²) in [7, 11) is 0. The predicted molar refractivity (Wildman–Crippen MR) is 126 cm³/mol. The maximum absolute atomic E-state index is 14.4. The molecule has 2 aromatic carbocycles. The molecular weight excluding hydrogens is 463 g/mol. The zero-order valence-corrected chi connectivity index (χ0v) is 19.6. The molecule has 0 spiro atoms. The topological polar surface area (TPSA) is 116 Å². The minimum atomic E-state index is -0.854. The van der Waals surface area contributed by atoms with E-state index in [1.54, 1.807) is 39.0 Å². The molecule has 34 heavy (non-hydrogen) atoms. The van der Waals surface area contributed by atoms with Crippen LogP contribution in [0.15, 0.2) is 41.2 Å². The molecule has 1 fully saturated rings. The van der Waals surface area contributed by atoms with Crippen molar-refractivity contribution in [3.05, 3.63) is 69.0 Å². The van der Waals surface area contributed by atoms with Gasteiger partial charge < -0.3 is 15.8 Å². The van der Waals surface area contributed by atoms with Gasteiger partial charge in [0, 0.05) is 5.56 Å². The summed E-state index contributed by atoms with van der Waals surface area (Å²) in [4.78, 5) is 42.7. The summed E-state index contributed by atoms with van der Waals surface area (Å²) < 4.78 is 21.0. The van der Waals surface area contributed by atoms with E-state index in [0.717, 1.165) is 25.0 Å². The smallest absolute Gasteiger partial charge is 0.408 e. The van der Waals surface area contributed by atoms with Gasteiger partial charge in [-0.3, -0.25) is 14.2 Å². The van der Waals surface area contributed by atoms with E-state index >= 15 is 0 Å². The molecule has 0 unspecified atom stereocenters. The summed E-state index contributed by atoms with van der Waals surface area (Å²) in [6, 6.07) is 7.52. The van der Waals surface area contributed by atoms with Gasteiger partial charge >= 0.3 is 6.09 Å². The standard InChI is InChI=1S/C24H24ClFN4O4/c1-24(2,3)34-23(33)29-19(12-7-8-12)21-28-17-6-4-5-16(25)18(17)22(32)30(21)15-10-13(20(27)31)9-14(26)11-15/h4-6,9-12,19H,7-8H2,1-3H3,(H2,27,31)(H,29,33)/t19-/m0/s1. The highest BCUT2D eigenvalue weighted by Crippen LogP contribution is 2.41. The van der Waals surface area contributed by atoms with E-state index in [0.29, 0.717) is 5.52 Å². The summed E-state index contributed by atoms with van der Waals surface area (Å²) in [6.07, 6.45) is 0.910. The summed E-state index contributed by atoms with van der Waals surface area (Å²) in [5.41, 5.74) is 4.31. The van der Waals surface area contributed by atoms with Crippen LogP contribution in [0.2, 0.25) is 5.02 Å². The Labute approximate surface area is 199 Å². The molecule has 1 aromatic heterocycles. The van der Waals surface area contributed by atoms with Crippen LogP contribution < -0.4 is 16.6 Å². The van der Waals surface area contributed by atoms with Crippen LogP contribution in [0.25, 0.3) is 16.6 Å².